The van der Waals surface area contributed by atoms with Crippen LogP contribution in [0, 0.1) is 5.92 Å². The molecular formula is C26H40F2N4O2S. The van der Waals surface area contributed by atoms with Crippen molar-refractivity contribution in [3.63, 3.8) is 0 Å². The summed E-state index contributed by atoms with van der Waals surface area (Å²) in [6.45, 7) is 9.43. The first kappa shape index (κ1) is 26.3. The number of hydrogen-bond donors (Lipinski definition) is 0. The molecule has 0 bridgehead atoms. The number of fused-ring (bicyclic) bond motifs is 1. The highest BCUT2D eigenvalue weighted by molar-refractivity contribution is 7.92. The Labute approximate surface area is 208 Å². The fourth-order valence-electron chi connectivity index (χ4n) is 5.34. The molecule has 1 aromatic heterocycles. The molecule has 1 saturated heterocycles. The van der Waals surface area contributed by atoms with Crippen LogP contribution in [-0.2, 0) is 22.0 Å². The zero-order valence-electron chi connectivity index (χ0n) is 21.6. The van der Waals surface area contributed by atoms with E-state index in [1.807, 2.05) is 18.2 Å². The second-order valence-corrected chi connectivity index (χ2v) is 13.6. The third-order valence-electron chi connectivity index (χ3n) is 7.58. The molecule has 0 amide bonds. The Hall–Kier alpha value is -1.74. The normalized spacial score (nSPS) is 20.4. The SMILES string of the molecule is CN(c1ccc2c(c1)nc(C(C)(C)C)n2CC1CCC(F)(F)CC1)S(=O)(=O)CCN1CCCCC1. The molecule has 2 fully saturated rings. The Bertz CT molecular complexity index is 1120. The summed E-state index contributed by atoms with van der Waals surface area (Å²) in [4.78, 5) is 7.14. The van der Waals surface area contributed by atoms with Crippen LogP contribution in [0.1, 0.15) is 71.5 Å². The number of imidazole rings is 1. The standard InChI is InChI=1S/C26H40F2N4O2S/c1-25(2,3)24-29-22-18-21(30(4)35(33,34)17-16-31-14-6-5-7-15-31)8-9-23(22)32(24)19-20-10-12-26(27,28)13-11-20/h8-9,18,20H,5-7,10-17,19H2,1-4H3. The molecule has 0 N–H and O–H groups in total. The summed E-state index contributed by atoms with van der Waals surface area (Å²) < 4.78 is 57.0. The van der Waals surface area contributed by atoms with Crippen LogP contribution in [0.2, 0.25) is 0 Å². The molecule has 1 aliphatic heterocycles. The number of piperidine rings is 1. The molecule has 2 aromatic rings. The van der Waals surface area contributed by atoms with E-state index in [4.69, 9.17) is 4.98 Å². The van der Waals surface area contributed by atoms with E-state index in [0.717, 1.165) is 42.8 Å². The molecule has 2 aliphatic rings. The monoisotopic (exact) mass is 510 g/mol. The highest BCUT2D eigenvalue weighted by Gasteiger charge is 2.36. The van der Waals surface area contributed by atoms with Crippen LogP contribution in [0.3, 0.4) is 0 Å². The van der Waals surface area contributed by atoms with Gasteiger partial charge in [-0.3, -0.25) is 4.31 Å². The molecule has 1 aromatic carbocycles. The number of likely N-dealkylation sites (tertiary alicyclic amines) is 1. The van der Waals surface area contributed by atoms with Gasteiger partial charge >= 0.3 is 0 Å². The van der Waals surface area contributed by atoms with Crippen LogP contribution in [0.25, 0.3) is 11.0 Å². The van der Waals surface area contributed by atoms with E-state index in [1.165, 1.54) is 10.7 Å². The van der Waals surface area contributed by atoms with Gasteiger partial charge in [-0.15, -0.1) is 0 Å². The number of halogens is 2. The fraction of sp³-hybridized carbons (Fsp3) is 0.731. The molecule has 0 atom stereocenters. The number of hydrogen-bond acceptors (Lipinski definition) is 4. The maximum absolute atomic E-state index is 13.7. The van der Waals surface area contributed by atoms with Crippen molar-refractivity contribution in [1.82, 2.24) is 14.5 Å². The minimum absolute atomic E-state index is 0.0562. The third-order valence-corrected chi connectivity index (χ3v) is 9.32. The van der Waals surface area contributed by atoms with Crippen LogP contribution in [0.4, 0.5) is 14.5 Å². The van der Waals surface area contributed by atoms with E-state index in [0.29, 0.717) is 31.6 Å². The lowest BCUT2D eigenvalue weighted by Gasteiger charge is -2.30. The highest BCUT2D eigenvalue weighted by atomic mass is 32.2. The van der Waals surface area contributed by atoms with Gasteiger partial charge in [-0.05, 0) is 62.9 Å². The molecule has 0 spiro atoms. The lowest BCUT2D eigenvalue weighted by Crippen LogP contribution is -2.38. The van der Waals surface area contributed by atoms with Gasteiger partial charge < -0.3 is 9.47 Å². The van der Waals surface area contributed by atoms with Gasteiger partial charge in [0.1, 0.15) is 5.82 Å². The minimum Gasteiger partial charge on any atom is -0.327 e. The molecule has 6 nitrogen and oxygen atoms in total. The Kier molecular flexibility index (Phi) is 7.49. The van der Waals surface area contributed by atoms with Gasteiger partial charge in [0, 0.05) is 38.4 Å². The Morgan fingerprint density at radius 2 is 1.77 bits per heavy atom. The number of nitrogens with zero attached hydrogens (tertiary/aromatic N) is 4. The minimum atomic E-state index is -3.46. The van der Waals surface area contributed by atoms with Crippen molar-refractivity contribution in [3.05, 3.63) is 24.0 Å². The summed E-state index contributed by atoms with van der Waals surface area (Å²) in [5.74, 6) is -1.36. The van der Waals surface area contributed by atoms with Gasteiger partial charge in [0.05, 0.1) is 22.5 Å². The molecule has 0 unspecified atom stereocenters. The topological polar surface area (TPSA) is 58.4 Å². The van der Waals surface area contributed by atoms with Crippen molar-refractivity contribution < 1.29 is 17.2 Å². The quantitative estimate of drug-likeness (QED) is 0.500. The van der Waals surface area contributed by atoms with Gasteiger partial charge in [0.15, 0.2) is 0 Å². The molecule has 196 valence electrons. The third kappa shape index (κ3) is 6.16. The van der Waals surface area contributed by atoms with E-state index in [-0.39, 0.29) is 29.9 Å². The summed E-state index contributed by atoms with van der Waals surface area (Å²) in [7, 11) is -1.85. The van der Waals surface area contributed by atoms with Crippen LogP contribution < -0.4 is 4.31 Å². The van der Waals surface area contributed by atoms with E-state index < -0.39 is 15.9 Å². The number of benzene rings is 1. The Morgan fingerprint density at radius 1 is 1.11 bits per heavy atom. The second kappa shape index (κ2) is 9.96. The van der Waals surface area contributed by atoms with Crippen molar-refractivity contribution >= 4 is 26.7 Å². The fourth-order valence-corrected chi connectivity index (χ4v) is 6.53. The predicted molar refractivity (Wildman–Crippen MR) is 138 cm³/mol. The number of alkyl halides is 2. The first-order chi connectivity index (χ1) is 16.4. The average molecular weight is 511 g/mol. The smallest absolute Gasteiger partial charge is 0.248 e. The maximum Gasteiger partial charge on any atom is 0.248 e. The molecule has 1 saturated carbocycles. The Balaban J connectivity index is 1.56. The average Bonchev–Trinajstić information content (AvgIpc) is 3.17. The van der Waals surface area contributed by atoms with E-state index >= 15 is 0 Å². The van der Waals surface area contributed by atoms with Crippen molar-refractivity contribution in [2.75, 3.05) is 36.7 Å². The Morgan fingerprint density at radius 3 is 2.40 bits per heavy atom. The molecule has 4 rings (SSSR count). The predicted octanol–water partition coefficient (Wildman–Crippen LogP) is 5.41. The van der Waals surface area contributed by atoms with Crippen molar-refractivity contribution in [2.45, 2.75) is 83.6 Å². The summed E-state index contributed by atoms with van der Waals surface area (Å²) in [5.41, 5.74) is 2.03. The van der Waals surface area contributed by atoms with E-state index in [9.17, 15) is 17.2 Å². The summed E-state index contributed by atoms with van der Waals surface area (Å²) in [5, 5.41) is 0. The molecular weight excluding hydrogens is 470 g/mol. The van der Waals surface area contributed by atoms with Crippen LogP contribution >= 0.6 is 0 Å². The van der Waals surface area contributed by atoms with Crippen molar-refractivity contribution in [3.8, 4) is 0 Å². The molecule has 9 heteroatoms. The van der Waals surface area contributed by atoms with E-state index in [2.05, 4.69) is 30.2 Å². The van der Waals surface area contributed by atoms with Gasteiger partial charge in [0.25, 0.3) is 0 Å². The maximum atomic E-state index is 13.7. The molecule has 1 aliphatic carbocycles. The zero-order chi connectivity index (χ0) is 25.4. The number of aromatic nitrogens is 2. The number of anilines is 1. The first-order valence-corrected chi connectivity index (χ1v) is 14.5. The highest BCUT2D eigenvalue weighted by Crippen LogP contribution is 2.38. The summed E-state index contributed by atoms with van der Waals surface area (Å²) in [6.07, 6.45) is 4.39. The zero-order valence-corrected chi connectivity index (χ0v) is 22.4. The number of sulfonamides is 1. The van der Waals surface area contributed by atoms with Gasteiger partial charge in [-0.25, -0.2) is 22.2 Å². The molecule has 2 heterocycles. The second-order valence-electron chi connectivity index (χ2n) is 11.5. The van der Waals surface area contributed by atoms with Gasteiger partial charge in [0.2, 0.25) is 15.9 Å². The number of rotatable bonds is 7. The van der Waals surface area contributed by atoms with E-state index in [1.54, 1.807) is 7.05 Å². The van der Waals surface area contributed by atoms with Crippen molar-refractivity contribution in [2.24, 2.45) is 5.92 Å². The largest absolute Gasteiger partial charge is 0.327 e. The lowest BCUT2D eigenvalue weighted by molar-refractivity contribution is -0.0473. The van der Waals surface area contributed by atoms with Crippen LogP contribution in [0.15, 0.2) is 18.2 Å². The first-order valence-electron chi connectivity index (χ1n) is 12.9. The van der Waals surface area contributed by atoms with Gasteiger partial charge in [-0.2, -0.15) is 0 Å². The summed E-state index contributed by atoms with van der Waals surface area (Å²) in [6, 6.07) is 5.61. The molecule has 35 heavy (non-hydrogen) atoms. The van der Waals surface area contributed by atoms with Crippen molar-refractivity contribution in [1.29, 1.82) is 0 Å². The summed E-state index contributed by atoms with van der Waals surface area (Å²) >= 11 is 0. The lowest BCUT2D eigenvalue weighted by atomic mass is 9.86. The van der Waals surface area contributed by atoms with Gasteiger partial charge in [-0.1, -0.05) is 27.2 Å². The van der Waals surface area contributed by atoms with Crippen LogP contribution in [0.5, 0.6) is 0 Å². The van der Waals surface area contributed by atoms with Crippen LogP contribution in [-0.4, -0.2) is 61.2 Å². The molecule has 0 radical (unpaired) electrons.